The number of carboxylic acid groups (broad SMARTS) is 1. The Kier molecular flexibility index (Phi) is 7.20. The molecule has 1 unspecified atom stereocenters. The molecule has 0 bridgehead atoms. The molecule has 0 aliphatic rings. The van der Waals surface area contributed by atoms with E-state index in [9.17, 15) is 36.2 Å². The first-order valence-electron chi connectivity index (χ1n) is 9.05. The highest BCUT2D eigenvalue weighted by Crippen LogP contribution is 2.41. The van der Waals surface area contributed by atoms with Crippen LogP contribution in [0.5, 0.6) is 5.75 Å². The number of aliphatic carboxylic acids is 1. The molecule has 0 saturated heterocycles. The predicted molar refractivity (Wildman–Crippen MR) is 102 cm³/mol. The molecule has 0 amide bonds. The van der Waals surface area contributed by atoms with Crippen molar-refractivity contribution >= 4 is 17.6 Å². The van der Waals surface area contributed by atoms with E-state index in [-0.39, 0.29) is 12.0 Å². The molecule has 1 atom stereocenters. The first-order chi connectivity index (χ1) is 14.2. The fourth-order valence-electron chi connectivity index (χ4n) is 3.22. The molecule has 0 fully saturated rings. The highest BCUT2D eigenvalue weighted by atomic mass is 35.5. The van der Waals surface area contributed by atoms with Crippen LogP contribution >= 0.6 is 11.6 Å². The van der Waals surface area contributed by atoms with Gasteiger partial charge >= 0.3 is 24.4 Å². The van der Waals surface area contributed by atoms with Crippen LogP contribution in [-0.4, -0.2) is 29.5 Å². The average Bonchev–Trinajstić information content (AvgIpc) is 2.66. The summed E-state index contributed by atoms with van der Waals surface area (Å²) in [7, 11) is 0. The van der Waals surface area contributed by atoms with E-state index in [1.54, 1.807) is 13.8 Å². The van der Waals surface area contributed by atoms with Gasteiger partial charge in [-0.1, -0.05) is 49.7 Å². The van der Waals surface area contributed by atoms with Gasteiger partial charge in [0.15, 0.2) is 0 Å². The molecule has 31 heavy (non-hydrogen) atoms. The number of carbonyl (C=O) groups is 1. The molecule has 0 aliphatic heterocycles. The van der Waals surface area contributed by atoms with E-state index in [0.717, 1.165) is 12.1 Å². The van der Waals surface area contributed by atoms with Gasteiger partial charge in [0.1, 0.15) is 5.75 Å². The van der Waals surface area contributed by atoms with Crippen LogP contribution in [0.1, 0.15) is 25.0 Å². The fourth-order valence-corrected chi connectivity index (χ4v) is 3.34. The van der Waals surface area contributed by atoms with Gasteiger partial charge in [0.25, 0.3) is 0 Å². The lowest BCUT2D eigenvalue weighted by molar-refractivity contribution is -0.342. The molecular weight excluding hydrogens is 450 g/mol. The van der Waals surface area contributed by atoms with Crippen LogP contribution in [-0.2, 0) is 16.6 Å². The molecule has 0 saturated carbocycles. The molecule has 0 spiro atoms. The number of rotatable bonds is 9. The Morgan fingerprint density at radius 1 is 1.06 bits per heavy atom. The minimum absolute atomic E-state index is 0.166. The summed E-state index contributed by atoms with van der Waals surface area (Å²) >= 11 is 5.87. The summed E-state index contributed by atoms with van der Waals surface area (Å²) in [6.45, 7) is 3.31. The molecule has 3 nitrogen and oxygen atoms in total. The minimum Gasteiger partial charge on any atom is -0.481 e. The van der Waals surface area contributed by atoms with Crippen LogP contribution in [0.4, 0.5) is 26.3 Å². The monoisotopic (exact) mass is 468 g/mol. The van der Waals surface area contributed by atoms with E-state index < -0.39 is 41.5 Å². The molecule has 10 heteroatoms. The highest BCUT2D eigenvalue weighted by Gasteiger charge is 2.66. The molecule has 2 aromatic carbocycles. The number of carboxylic acids is 1. The maximum atomic E-state index is 13.6. The van der Waals surface area contributed by atoms with Gasteiger partial charge in [-0.15, -0.1) is 0 Å². The molecule has 0 aliphatic carbocycles. The number of halogens is 7. The van der Waals surface area contributed by atoms with Crippen molar-refractivity contribution in [1.82, 2.24) is 0 Å². The summed E-state index contributed by atoms with van der Waals surface area (Å²) in [5, 5.41) is 10.4. The van der Waals surface area contributed by atoms with E-state index in [1.807, 2.05) is 0 Å². The summed E-state index contributed by atoms with van der Waals surface area (Å²) in [6.07, 6.45) is -10.3. The van der Waals surface area contributed by atoms with Crippen LogP contribution in [0, 0.1) is 5.92 Å². The van der Waals surface area contributed by atoms with E-state index >= 15 is 0 Å². The second kappa shape index (κ2) is 8.98. The third-order valence-electron chi connectivity index (χ3n) is 5.02. The predicted octanol–water partition coefficient (Wildman–Crippen LogP) is 6.43. The van der Waals surface area contributed by atoms with Crippen LogP contribution in [0.2, 0.25) is 5.02 Å². The molecule has 2 aromatic rings. The number of benzene rings is 2. The molecule has 0 radical (unpaired) electrons. The van der Waals surface area contributed by atoms with Crippen LogP contribution in [0.25, 0.3) is 0 Å². The largest absolute Gasteiger partial charge is 0.481 e. The summed E-state index contributed by atoms with van der Waals surface area (Å²) in [6, 6.07) is 10.4. The van der Waals surface area contributed by atoms with Crippen LogP contribution < -0.4 is 4.74 Å². The quantitative estimate of drug-likeness (QED) is 0.431. The zero-order chi connectivity index (χ0) is 23.6. The minimum atomic E-state index is -5.71. The molecule has 170 valence electrons. The normalized spacial score (nSPS) is 14.5. The SMILES string of the molecule is CC(C)C(Cc1cccc(OC(F)(F)C(F)(F)C(F)F)c1)(C(=O)O)c1ccc(Cl)cc1. The first kappa shape index (κ1) is 24.8. The van der Waals surface area contributed by atoms with Gasteiger partial charge in [0.2, 0.25) is 0 Å². The van der Waals surface area contributed by atoms with Crippen molar-refractivity contribution in [3.63, 3.8) is 0 Å². The number of alkyl halides is 6. The zero-order valence-electron chi connectivity index (χ0n) is 16.4. The molecule has 0 heterocycles. The van der Waals surface area contributed by atoms with E-state index in [2.05, 4.69) is 4.74 Å². The third kappa shape index (κ3) is 4.92. The van der Waals surface area contributed by atoms with Crippen molar-refractivity contribution in [3.05, 3.63) is 64.7 Å². The van der Waals surface area contributed by atoms with E-state index in [4.69, 9.17) is 11.6 Å². The number of ether oxygens (including phenoxy) is 1. The van der Waals surface area contributed by atoms with E-state index in [1.165, 1.54) is 36.4 Å². The fraction of sp³-hybridized carbons (Fsp3) is 0.381. The molecule has 0 aromatic heterocycles. The number of hydrogen-bond donors (Lipinski definition) is 1. The molecule has 2 rings (SSSR count). The van der Waals surface area contributed by atoms with Gasteiger partial charge in [-0.2, -0.15) is 17.6 Å². The summed E-state index contributed by atoms with van der Waals surface area (Å²) < 4.78 is 82.0. The van der Waals surface area contributed by atoms with Gasteiger partial charge in [-0.25, -0.2) is 8.78 Å². The Morgan fingerprint density at radius 2 is 1.65 bits per heavy atom. The third-order valence-corrected chi connectivity index (χ3v) is 5.27. The standard InChI is InChI=1S/C21H19ClF6O3/c1-12(2)19(18(29)30,14-6-8-15(22)9-7-14)11-13-4-3-5-16(10-13)31-21(27,28)20(25,26)17(23)24/h3-10,12,17H,11H2,1-2H3,(H,29,30). The van der Waals surface area contributed by atoms with Crippen molar-refractivity contribution in [2.45, 2.75) is 44.1 Å². The summed E-state index contributed by atoms with van der Waals surface area (Å²) in [5.74, 6) is -8.21. The highest BCUT2D eigenvalue weighted by molar-refractivity contribution is 6.30. The first-order valence-corrected chi connectivity index (χ1v) is 9.43. The summed E-state index contributed by atoms with van der Waals surface area (Å²) in [4.78, 5) is 12.3. The molecule has 1 N–H and O–H groups in total. The lowest BCUT2D eigenvalue weighted by atomic mass is 9.68. The van der Waals surface area contributed by atoms with Crippen molar-refractivity contribution in [1.29, 1.82) is 0 Å². The second-order valence-corrected chi connectivity index (χ2v) is 7.74. The smallest absolute Gasteiger partial charge is 0.470 e. The van der Waals surface area contributed by atoms with Gasteiger partial charge in [0.05, 0.1) is 5.41 Å². The Morgan fingerprint density at radius 3 is 2.13 bits per heavy atom. The van der Waals surface area contributed by atoms with E-state index in [0.29, 0.717) is 10.6 Å². The van der Waals surface area contributed by atoms with Crippen molar-refractivity contribution in [3.8, 4) is 5.75 Å². The van der Waals surface area contributed by atoms with Gasteiger partial charge in [-0.05, 0) is 47.7 Å². The van der Waals surface area contributed by atoms with Crippen molar-refractivity contribution < 1.29 is 41.0 Å². The maximum Gasteiger partial charge on any atom is 0.470 e. The maximum absolute atomic E-state index is 13.6. The van der Waals surface area contributed by atoms with Crippen molar-refractivity contribution in [2.24, 2.45) is 5.92 Å². The van der Waals surface area contributed by atoms with Gasteiger partial charge < -0.3 is 9.84 Å². The average molecular weight is 469 g/mol. The second-order valence-electron chi connectivity index (χ2n) is 7.30. The topological polar surface area (TPSA) is 46.5 Å². The van der Waals surface area contributed by atoms with Crippen LogP contribution in [0.3, 0.4) is 0 Å². The Hall–Kier alpha value is -2.42. The Bertz CT molecular complexity index is 918. The van der Waals surface area contributed by atoms with Crippen LogP contribution in [0.15, 0.2) is 48.5 Å². The van der Waals surface area contributed by atoms with Crippen molar-refractivity contribution in [2.75, 3.05) is 0 Å². The molecular formula is C21H19ClF6O3. The van der Waals surface area contributed by atoms with Gasteiger partial charge in [-0.3, -0.25) is 4.79 Å². The lowest BCUT2D eigenvalue weighted by Crippen LogP contribution is -2.50. The zero-order valence-corrected chi connectivity index (χ0v) is 17.1. The van der Waals surface area contributed by atoms with Gasteiger partial charge in [0, 0.05) is 5.02 Å². The Labute approximate surface area is 179 Å². The lowest BCUT2D eigenvalue weighted by Gasteiger charge is -2.34. The number of hydrogen-bond acceptors (Lipinski definition) is 2. The Balaban J connectivity index is 2.44. The summed E-state index contributed by atoms with van der Waals surface area (Å²) in [5.41, 5.74) is -0.960.